The monoisotopic (exact) mass is 359 g/mol. The Kier molecular flexibility index (Phi) is 6.97. The zero-order chi connectivity index (χ0) is 17.3. The number of piperidine rings is 1. The van der Waals surface area contributed by atoms with Crippen LogP contribution in [-0.4, -0.2) is 41.5 Å². The number of pyridine rings is 1. The molecule has 0 aromatic carbocycles. The zero-order valence-electron chi connectivity index (χ0n) is 14.4. The maximum atomic E-state index is 12.0. The third-order valence-corrected chi connectivity index (χ3v) is 5.23. The van der Waals surface area contributed by atoms with Crippen molar-refractivity contribution in [3.05, 3.63) is 52.5 Å². The highest BCUT2D eigenvalue weighted by molar-refractivity contribution is 7.09. The van der Waals surface area contributed by atoms with Crippen molar-refractivity contribution in [2.75, 3.05) is 19.6 Å². The summed E-state index contributed by atoms with van der Waals surface area (Å²) in [5.74, 6) is 0.116. The molecule has 1 aliphatic heterocycles. The molecular weight excluding hydrogens is 334 g/mol. The van der Waals surface area contributed by atoms with E-state index in [1.165, 1.54) is 4.88 Å². The van der Waals surface area contributed by atoms with Gasteiger partial charge in [0.25, 0.3) is 0 Å². The van der Waals surface area contributed by atoms with Gasteiger partial charge in [0.05, 0.1) is 24.9 Å². The minimum absolute atomic E-state index is 0.116. The van der Waals surface area contributed by atoms with Crippen molar-refractivity contribution in [1.29, 1.82) is 0 Å². The summed E-state index contributed by atoms with van der Waals surface area (Å²) in [5.41, 5.74) is 0.965. The van der Waals surface area contributed by atoms with Crippen LogP contribution in [0.1, 0.15) is 29.8 Å². The second kappa shape index (κ2) is 9.65. The summed E-state index contributed by atoms with van der Waals surface area (Å²) < 4.78 is 6.00. The van der Waals surface area contributed by atoms with Crippen molar-refractivity contribution in [1.82, 2.24) is 15.2 Å². The van der Waals surface area contributed by atoms with Gasteiger partial charge in [0.2, 0.25) is 5.91 Å². The minimum Gasteiger partial charge on any atom is -0.371 e. The molecule has 0 saturated carbocycles. The van der Waals surface area contributed by atoms with Crippen LogP contribution in [0.2, 0.25) is 0 Å². The summed E-state index contributed by atoms with van der Waals surface area (Å²) >= 11 is 1.67. The number of nitrogens with zero attached hydrogens (tertiary/aromatic N) is 2. The number of hydrogen-bond acceptors (Lipinski definition) is 5. The fourth-order valence-corrected chi connectivity index (χ4v) is 3.63. The Labute approximate surface area is 153 Å². The standard InChI is InChI=1S/C19H25N3O2S/c23-19(21-13-18-7-4-12-25-18)8-11-22-10-3-6-17(14-22)24-15-16-5-1-2-9-20-16/h1-2,4-5,7,9,12,17H,3,6,8,10-11,13-15H2,(H,21,23)/t17-/m0/s1. The molecule has 1 amide bonds. The van der Waals surface area contributed by atoms with E-state index in [2.05, 4.69) is 15.2 Å². The first-order chi connectivity index (χ1) is 12.3. The van der Waals surface area contributed by atoms with Crippen molar-refractivity contribution in [3.63, 3.8) is 0 Å². The lowest BCUT2D eigenvalue weighted by molar-refractivity contribution is -0.121. The van der Waals surface area contributed by atoms with Crippen molar-refractivity contribution >= 4 is 17.2 Å². The quantitative estimate of drug-likeness (QED) is 0.787. The minimum atomic E-state index is 0.116. The number of thiophene rings is 1. The van der Waals surface area contributed by atoms with E-state index in [0.717, 1.165) is 38.2 Å². The van der Waals surface area contributed by atoms with E-state index in [0.29, 0.717) is 19.6 Å². The van der Waals surface area contributed by atoms with Gasteiger partial charge in [-0.15, -0.1) is 11.3 Å². The first-order valence-corrected chi connectivity index (χ1v) is 9.70. The molecular formula is C19H25N3O2S. The van der Waals surface area contributed by atoms with Crippen LogP contribution >= 0.6 is 11.3 Å². The summed E-state index contributed by atoms with van der Waals surface area (Å²) in [6.45, 7) is 3.92. The fraction of sp³-hybridized carbons (Fsp3) is 0.474. The molecule has 0 radical (unpaired) electrons. The second-order valence-electron chi connectivity index (χ2n) is 6.30. The third kappa shape index (κ3) is 6.23. The first-order valence-electron chi connectivity index (χ1n) is 8.82. The second-order valence-corrected chi connectivity index (χ2v) is 7.34. The predicted molar refractivity (Wildman–Crippen MR) is 99.3 cm³/mol. The number of rotatable bonds is 8. The fourth-order valence-electron chi connectivity index (χ4n) is 2.99. The third-order valence-electron chi connectivity index (χ3n) is 4.35. The van der Waals surface area contributed by atoms with E-state index in [1.54, 1.807) is 17.5 Å². The molecule has 1 saturated heterocycles. The van der Waals surface area contributed by atoms with Crippen LogP contribution in [-0.2, 0) is 22.7 Å². The molecule has 5 nitrogen and oxygen atoms in total. The molecule has 1 N–H and O–H groups in total. The molecule has 3 rings (SSSR count). The Balaban J connectivity index is 1.34. The van der Waals surface area contributed by atoms with Gasteiger partial charge in [0.15, 0.2) is 0 Å². The SMILES string of the molecule is O=C(CCN1CCC[C@H](OCc2ccccn2)C1)NCc1cccs1. The molecule has 0 aliphatic carbocycles. The normalized spacial score (nSPS) is 18.2. The van der Waals surface area contributed by atoms with Crippen LogP contribution in [0.5, 0.6) is 0 Å². The van der Waals surface area contributed by atoms with Crippen LogP contribution in [0, 0.1) is 0 Å². The van der Waals surface area contributed by atoms with Gasteiger partial charge in [-0.05, 0) is 43.0 Å². The molecule has 1 atom stereocenters. The molecule has 6 heteroatoms. The van der Waals surface area contributed by atoms with Gasteiger partial charge in [0, 0.05) is 30.6 Å². The van der Waals surface area contributed by atoms with Gasteiger partial charge in [0.1, 0.15) is 0 Å². The van der Waals surface area contributed by atoms with Crippen LogP contribution in [0.4, 0.5) is 0 Å². The van der Waals surface area contributed by atoms with E-state index in [-0.39, 0.29) is 12.0 Å². The molecule has 2 aromatic rings. The molecule has 0 unspecified atom stereocenters. The first kappa shape index (κ1) is 18.0. The van der Waals surface area contributed by atoms with Crippen molar-refractivity contribution in [2.24, 2.45) is 0 Å². The smallest absolute Gasteiger partial charge is 0.221 e. The van der Waals surface area contributed by atoms with Gasteiger partial charge < -0.3 is 15.0 Å². The van der Waals surface area contributed by atoms with E-state index >= 15 is 0 Å². The van der Waals surface area contributed by atoms with Gasteiger partial charge in [-0.3, -0.25) is 9.78 Å². The highest BCUT2D eigenvalue weighted by Gasteiger charge is 2.21. The van der Waals surface area contributed by atoms with E-state index < -0.39 is 0 Å². The number of likely N-dealkylation sites (tertiary alicyclic amines) is 1. The Bertz CT molecular complexity index is 633. The zero-order valence-corrected chi connectivity index (χ0v) is 15.2. The number of carbonyl (C=O) groups is 1. The maximum absolute atomic E-state index is 12.0. The summed E-state index contributed by atoms with van der Waals surface area (Å²) in [6.07, 6.45) is 4.75. The maximum Gasteiger partial charge on any atom is 0.221 e. The summed E-state index contributed by atoms with van der Waals surface area (Å²) in [5, 5.41) is 5.02. The van der Waals surface area contributed by atoms with E-state index in [4.69, 9.17) is 4.74 Å². The molecule has 1 fully saturated rings. The van der Waals surface area contributed by atoms with Gasteiger partial charge in [-0.25, -0.2) is 0 Å². The van der Waals surface area contributed by atoms with Crippen molar-refractivity contribution < 1.29 is 9.53 Å². The predicted octanol–water partition coefficient (Wildman–Crippen LogP) is 2.83. The lowest BCUT2D eigenvalue weighted by Crippen LogP contribution is -2.41. The number of ether oxygens (including phenoxy) is 1. The molecule has 0 bridgehead atoms. The van der Waals surface area contributed by atoms with Gasteiger partial charge in [-0.2, -0.15) is 0 Å². The highest BCUT2D eigenvalue weighted by Crippen LogP contribution is 2.15. The Morgan fingerprint density at radius 1 is 1.36 bits per heavy atom. The lowest BCUT2D eigenvalue weighted by Gasteiger charge is -2.32. The number of amides is 1. The molecule has 1 aliphatic rings. The molecule has 134 valence electrons. The Morgan fingerprint density at radius 2 is 2.32 bits per heavy atom. The van der Waals surface area contributed by atoms with E-state index in [1.807, 2.05) is 35.7 Å². The Hall–Kier alpha value is -1.76. The Morgan fingerprint density at radius 3 is 3.12 bits per heavy atom. The number of carbonyl (C=O) groups excluding carboxylic acids is 1. The van der Waals surface area contributed by atoms with Gasteiger partial charge >= 0.3 is 0 Å². The summed E-state index contributed by atoms with van der Waals surface area (Å²) in [4.78, 5) is 19.8. The van der Waals surface area contributed by atoms with Crippen molar-refractivity contribution in [3.8, 4) is 0 Å². The molecule has 2 aromatic heterocycles. The molecule has 0 spiro atoms. The average molecular weight is 359 g/mol. The summed E-state index contributed by atoms with van der Waals surface area (Å²) in [6, 6.07) is 9.92. The summed E-state index contributed by atoms with van der Waals surface area (Å²) in [7, 11) is 0. The van der Waals surface area contributed by atoms with Gasteiger partial charge in [-0.1, -0.05) is 12.1 Å². The number of aromatic nitrogens is 1. The van der Waals surface area contributed by atoms with Crippen LogP contribution in [0.25, 0.3) is 0 Å². The number of hydrogen-bond donors (Lipinski definition) is 1. The van der Waals surface area contributed by atoms with Crippen molar-refractivity contribution in [2.45, 2.75) is 38.5 Å². The average Bonchev–Trinajstić information content (AvgIpc) is 3.18. The topological polar surface area (TPSA) is 54.5 Å². The number of nitrogens with one attached hydrogen (secondary N) is 1. The lowest BCUT2D eigenvalue weighted by atomic mass is 10.1. The largest absolute Gasteiger partial charge is 0.371 e. The molecule has 25 heavy (non-hydrogen) atoms. The van der Waals surface area contributed by atoms with Crippen LogP contribution < -0.4 is 5.32 Å². The van der Waals surface area contributed by atoms with Crippen LogP contribution in [0.15, 0.2) is 41.9 Å². The molecule has 3 heterocycles. The highest BCUT2D eigenvalue weighted by atomic mass is 32.1. The van der Waals surface area contributed by atoms with E-state index in [9.17, 15) is 4.79 Å². The van der Waals surface area contributed by atoms with Crippen LogP contribution in [0.3, 0.4) is 0 Å².